The van der Waals surface area contributed by atoms with Gasteiger partial charge in [-0.1, -0.05) is 25.7 Å². The number of benzene rings is 1. The lowest BCUT2D eigenvalue weighted by molar-refractivity contribution is 0.0698. The third-order valence-electron chi connectivity index (χ3n) is 3.65. The number of urea groups is 1. The minimum absolute atomic E-state index is 0.0337. The lowest BCUT2D eigenvalue weighted by Crippen LogP contribution is -2.37. The van der Waals surface area contributed by atoms with Crippen molar-refractivity contribution >= 4 is 17.7 Å². The number of carbonyl (C=O) groups is 2. The first-order chi connectivity index (χ1) is 10.1. The molecule has 0 atom stereocenters. The number of halogens is 1. The van der Waals surface area contributed by atoms with Gasteiger partial charge in [-0.05, 0) is 31.0 Å². The molecule has 1 fully saturated rings. The van der Waals surface area contributed by atoms with Crippen LogP contribution in [0, 0.1) is 5.82 Å². The summed E-state index contributed by atoms with van der Waals surface area (Å²) in [5, 5.41) is 14.3. The van der Waals surface area contributed by atoms with Gasteiger partial charge in [0.1, 0.15) is 5.82 Å². The first-order valence-corrected chi connectivity index (χ1v) is 7.16. The van der Waals surface area contributed by atoms with Crippen LogP contribution in [0.1, 0.15) is 48.9 Å². The van der Waals surface area contributed by atoms with Gasteiger partial charge in [0.05, 0.1) is 11.3 Å². The second-order valence-corrected chi connectivity index (χ2v) is 5.28. The average Bonchev–Trinajstić information content (AvgIpc) is 2.66. The average molecular weight is 294 g/mol. The Labute approximate surface area is 122 Å². The number of carbonyl (C=O) groups excluding carboxylic acids is 1. The van der Waals surface area contributed by atoms with Crippen molar-refractivity contribution in [3.8, 4) is 0 Å². The first kappa shape index (κ1) is 15.3. The molecule has 1 aromatic carbocycles. The lowest BCUT2D eigenvalue weighted by Gasteiger charge is -2.17. The molecule has 0 unspecified atom stereocenters. The van der Waals surface area contributed by atoms with E-state index in [1.54, 1.807) is 0 Å². The second-order valence-electron chi connectivity index (χ2n) is 5.28. The van der Waals surface area contributed by atoms with Gasteiger partial charge in [-0.3, -0.25) is 0 Å². The fourth-order valence-electron chi connectivity index (χ4n) is 2.57. The fourth-order valence-corrected chi connectivity index (χ4v) is 2.57. The number of anilines is 1. The highest BCUT2D eigenvalue weighted by atomic mass is 19.1. The van der Waals surface area contributed by atoms with Crippen LogP contribution in [0.5, 0.6) is 0 Å². The maximum atomic E-state index is 13.2. The highest BCUT2D eigenvalue weighted by molar-refractivity contribution is 6.00. The van der Waals surface area contributed by atoms with E-state index in [2.05, 4.69) is 10.6 Å². The molecule has 0 bridgehead atoms. The Kier molecular flexibility index (Phi) is 5.14. The minimum atomic E-state index is -1.21. The number of amides is 2. The predicted molar refractivity (Wildman–Crippen MR) is 77.0 cm³/mol. The molecule has 0 saturated heterocycles. The third kappa shape index (κ3) is 4.44. The summed E-state index contributed by atoms with van der Waals surface area (Å²) in [6.07, 6.45) is 6.33. The van der Waals surface area contributed by atoms with Crippen molar-refractivity contribution in [3.63, 3.8) is 0 Å². The van der Waals surface area contributed by atoms with E-state index in [1.165, 1.54) is 12.8 Å². The predicted octanol–water partition coefficient (Wildman–Crippen LogP) is 3.37. The smallest absolute Gasteiger partial charge is 0.337 e. The van der Waals surface area contributed by atoms with Crippen LogP contribution in [-0.4, -0.2) is 23.1 Å². The standard InChI is InChI=1S/C15H19FN2O3/c16-10-7-8-12(14(19)20)13(9-10)18-15(21)17-11-5-3-1-2-4-6-11/h7-9,11H,1-6H2,(H,19,20)(H2,17,18,21). The van der Waals surface area contributed by atoms with Crippen LogP contribution in [0.15, 0.2) is 18.2 Å². The van der Waals surface area contributed by atoms with Crippen molar-refractivity contribution in [3.05, 3.63) is 29.6 Å². The number of hydrogen-bond acceptors (Lipinski definition) is 2. The summed E-state index contributed by atoms with van der Waals surface area (Å²) in [5.41, 5.74) is -0.166. The van der Waals surface area contributed by atoms with Crippen molar-refractivity contribution in [1.82, 2.24) is 5.32 Å². The molecular weight excluding hydrogens is 275 g/mol. The molecule has 1 saturated carbocycles. The number of aromatic carboxylic acids is 1. The van der Waals surface area contributed by atoms with Gasteiger partial charge in [-0.25, -0.2) is 14.0 Å². The summed E-state index contributed by atoms with van der Waals surface area (Å²) in [4.78, 5) is 23.0. The number of nitrogens with one attached hydrogen (secondary N) is 2. The van der Waals surface area contributed by atoms with Gasteiger partial charge in [-0.15, -0.1) is 0 Å². The van der Waals surface area contributed by atoms with Crippen LogP contribution in [0.2, 0.25) is 0 Å². The summed E-state index contributed by atoms with van der Waals surface area (Å²) in [7, 11) is 0. The molecule has 0 aromatic heterocycles. The molecule has 0 radical (unpaired) electrons. The summed E-state index contributed by atoms with van der Waals surface area (Å²) >= 11 is 0. The van der Waals surface area contributed by atoms with Gasteiger partial charge in [-0.2, -0.15) is 0 Å². The molecule has 1 aliphatic carbocycles. The molecule has 21 heavy (non-hydrogen) atoms. The van der Waals surface area contributed by atoms with Gasteiger partial charge in [0.25, 0.3) is 0 Å². The second kappa shape index (κ2) is 7.06. The summed E-state index contributed by atoms with van der Waals surface area (Å²) in [6.45, 7) is 0. The monoisotopic (exact) mass is 294 g/mol. The van der Waals surface area contributed by atoms with Crippen molar-refractivity contribution in [1.29, 1.82) is 0 Å². The maximum absolute atomic E-state index is 13.2. The molecule has 3 N–H and O–H groups in total. The number of hydrogen-bond donors (Lipinski definition) is 3. The summed E-state index contributed by atoms with van der Waals surface area (Å²) < 4.78 is 13.2. The number of rotatable bonds is 3. The van der Waals surface area contributed by atoms with Gasteiger partial charge in [0, 0.05) is 6.04 Å². The molecule has 5 nitrogen and oxygen atoms in total. The normalized spacial score (nSPS) is 16.0. The quantitative estimate of drug-likeness (QED) is 0.748. The van der Waals surface area contributed by atoms with E-state index in [1.807, 2.05) is 0 Å². The Balaban J connectivity index is 2.01. The van der Waals surface area contributed by atoms with E-state index in [0.717, 1.165) is 43.9 Å². The molecule has 1 aromatic rings. The number of carboxylic acid groups (broad SMARTS) is 1. The Bertz CT molecular complexity index is 526. The molecule has 2 rings (SSSR count). The van der Waals surface area contributed by atoms with Crippen LogP contribution < -0.4 is 10.6 Å². The highest BCUT2D eigenvalue weighted by Crippen LogP contribution is 2.19. The van der Waals surface area contributed by atoms with E-state index in [9.17, 15) is 14.0 Å². The van der Waals surface area contributed by atoms with Crippen molar-refractivity contribution < 1.29 is 19.1 Å². The summed E-state index contributed by atoms with van der Waals surface area (Å²) in [6, 6.07) is 2.80. The number of carboxylic acids is 1. The molecule has 0 heterocycles. The van der Waals surface area contributed by atoms with E-state index in [4.69, 9.17) is 5.11 Å². The zero-order chi connectivity index (χ0) is 15.2. The third-order valence-corrected chi connectivity index (χ3v) is 3.65. The van der Waals surface area contributed by atoms with Crippen molar-refractivity contribution in [2.75, 3.05) is 5.32 Å². The van der Waals surface area contributed by atoms with Gasteiger partial charge in [0.15, 0.2) is 0 Å². The topological polar surface area (TPSA) is 78.4 Å². The summed E-state index contributed by atoms with van der Waals surface area (Å²) in [5.74, 6) is -1.80. The van der Waals surface area contributed by atoms with E-state index in [0.29, 0.717) is 0 Å². The van der Waals surface area contributed by atoms with Crippen LogP contribution in [-0.2, 0) is 0 Å². The van der Waals surface area contributed by atoms with Crippen molar-refractivity contribution in [2.45, 2.75) is 44.6 Å². The van der Waals surface area contributed by atoms with Crippen LogP contribution in [0.25, 0.3) is 0 Å². The van der Waals surface area contributed by atoms with Gasteiger partial charge < -0.3 is 15.7 Å². The van der Waals surface area contributed by atoms with Crippen molar-refractivity contribution in [2.24, 2.45) is 0 Å². The van der Waals surface area contributed by atoms with Crippen LogP contribution >= 0.6 is 0 Å². The SMILES string of the molecule is O=C(Nc1cc(F)ccc1C(=O)O)NC1CCCCCC1. The molecule has 0 spiro atoms. The van der Waals surface area contributed by atoms with Crippen LogP contribution in [0.4, 0.5) is 14.9 Å². The molecule has 1 aliphatic rings. The zero-order valence-electron chi connectivity index (χ0n) is 11.7. The van der Waals surface area contributed by atoms with E-state index < -0.39 is 17.8 Å². The van der Waals surface area contributed by atoms with E-state index >= 15 is 0 Å². The Morgan fingerprint density at radius 3 is 2.43 bits per heavy atom. The Hall–Kier alpha value is -2.11. The van der Waals surface area contributed by atoms with Crippen LogP contribution in [0.3, 0.4) is 0 Å². The highest BCUT2D eigenvalue weighted by Gasteiger charge is 2.17. The molecule has 2 amide bonds. The molecule has 0 aliphatic heterocycles. The zero-order valence-corrected chi connectivity index (χ0v) is 11.7. The Morgan fingerprint density at radius 1 is 1.14 bits per heavy atom. The van der Waals surface area contributed by atoms with Gasteiger partial charge in [0.2, 0.25) is 0 Å². The Morgan fingerprint density at radius 2 is 1.81 bits per heavy atom. The maximum Gasteiger partial charge on any atom is 0.337 e. The fraction of sp³-hybridized carbons (Fsp3) is 0.467. The largest absolute Gasteiger partial charge is 0.478 e. The minimum Gasteiger partial charge on any atom is -0.478 e. The van der Waals surface area contributed by atoms with E-state index in [-0.39, 0.29) is 17.3 Å². The van der Waals surface area contributed by atoms with Gasteiger partial charge >= 0.3 is 12.0 Å². The molecule has 6 heteroatoms. The molecular formula is C15H19FN2O3. The first-order valence-electron chi connectivity index (χ1n) is 7.16. The lowest BCUT2D eigenvalue weighted by atomic mass is 10.1. The molecule has 114 valence electrons.